The van der Waals surface area contributed by atoms with Crippen LogP contribution in [0.25, 0.3) is 0 Å². The molecule has 0 aromatic rings. The van der Waals surface area contributed by atoms with Crippen molar-refractivity contribution in [1.29, 1.82) is 0 Å². The molecule has 21 heavy (non-hydrogen) atoms. The van der Waals surface area contributed by atoms with Gasteiger partial charge >= 0.3 is 0 Å². The highest BCUT2D eigenvalue weighted by Gasteiger charge is 2.62. The predicted molar refractivity (Wildman–Crippen MR) is 78.5 cm³/mol. The molecule has 4 fully saturated rings. The van der Waals surface area contributed by atoms with Gasteiger partial charge < -0.3 is 14.6 Å². The maximum absolute atomic E-state index is 10.1. The van der Waals surface area contributed by atoms with Crippen molar-refractivity contribution in [3.05, 3.63) is 11.6 Å². The number of hydrogen-bond donors (Lipinski definition) is 1. The molecule has 7 unspecified atom stereocenters. The van der Waals surface area contributed by atoms with Crippen LogP contribution < -0.4 is 0 Å². The fourth-order valence-electron chi connectivity index (χ4n) is 5.99. The van der Waals surface area contributed by atoms with E-state index in [-0.39, 0.29) is 11.7 Å². The molecule has 0 amide bonds. The maximum Gasteiger partial charge on any atom is 0.171 e. The maximum atomic E-state index is 10.1. The van der Waals surface area contributed by atoms with E-state index in [0.29, 0.717) is 18.3 Å². The largest absolute Gasteiger partial charge is 0.393 e. The third-order valence-electron chi connectivity index (χ3n) is 7.17. The number of hydrogen-bond acceptors (Lipinski definition) is 3. The molecule has 5 rings (SSSR count). The topological polar surface area (TPSA) is 38.7 Å². The summed E-state index contributed by atoms with van der Waals surface area (Å²) in [6.07, 6.45) is 9.76. The Labute approximate surface area is 126 Å². The van der Waals surface area contributed by atoms with Crippen molar-refractivity contribution >= 4 is 0 Å². The lowest BCUT2D eigenvalue weighted by atomic mass is 9.68. The summed E-state index contributed by atoms with van der Waals surface area (Å²) in [7, 11) is 0. The predicted octanol–water partition coefficient (Wildman–Crippen LogP) is 3.03. The zero-order chi connectivity index (χ0) is 14.2. The smallest absolute Gasteiger partial charge is 0.171 e. The summed E-state index contributed by atoms with van der Waals surface area (Å²) in [4.78, 5) is 0. The lowest BCUT2D eigenvalue weighted by Gasteiger charge is -2.43. The van der Waals surface area contributed by atoms with Gasteiger partial charge in [0.25, 0.3) is 0 Å². The fraction of sp³-hybridized carbons (Fsp3) is 0.889. The van der Waals surface area contributed by atoms with Gasteiger partial charge in [0, 0.05) is 18.8 Å². The number of rotatable bonds is 0. The van der Waals surface area contributed by atoms with E-state index in [2.05, 4.69) is 13.0 Å². The van der Waals surface area contributed by atoms with Crippen LogP contribution in [-0.2, 0) is 9.47 Å². The second kappa shape index (κ2) is 4.12. The highest BCUT2D eigenvalue weighted by atomic mass is 16.8. The van der Waals surface area contributed by atoms with E-state index in [1.807, 2.05) is 0 Å². The SMILES string of the molecule is CC1C=C2CC3CC(CC23)C12COC1(CCCC(O)C1)O2. The Morgan fingerprint density at radius 3 is 3.10 bits per heavy atom. The van der Waals surface area contributed by atoms with Crippen LogP contribution in [-0.4, -0.2) is 29.2 Å². The minimum absolute atomic E-state index is 0.119. The molecule has 0 aromatic carbocycles. The molecule has 4 aliphatic carbocycles. The van der Waals surface area contributed by atoms with Crippen molar-refractivity contribution in [3.8, 4) is 0 Å². The van der Waals surface area contributed by atoms with Gasteiger partial charge in [0.05, 0.1) is 12.7 Å². The summed E-state index contributed by atoms with van der Waals surface area (Å²) in [5, 5.41) is 10.1. The van der Waals surface area contributed by atoms with E-state index in [9.17, 15) is 5.11 Å². The molecule has 2 bridgehead atoms. The van der Waals surface area contributed by atoms with Crippen molar-refractivity contribution in [3.63, 3.8) is 0 Å². The molecule has 3 heteroatoms. The Hall–Kier alpha value is -0.380. The highest BCUT2D eigenvalue weighted by molar-refractivity contribution is 5.29. The Bertz CT molecular complexity index is 501. The molecule has 116 valence electrons. The van der Waals surface area contributed by atoms with E-state index < -0.39 is 5.79 Å². The Kier molecular flexibility index (Phi) is 2.57. The van der Waals surface area contributed by atoms with Gasteiger partial charge in [-0.25, -0.2) is 0 Å². The second-order valence-corrected chi connectivity index (χ2v) is 8.28. The minimum Gasteiger partial charge on any atom is -0.393 e. The first-order valence-corrected chi connectivity index (χ1v) is 8.83. The van der Waals surface area contributed by atoms with Crippen molar-refractivity contribution in [2.75, 3.05) is 6.61 Å². The first kappa shape index (κ1) is 13.1. The standard InChI is InChI=1S/C18H26O3/c1-11-5-12-6-13-7-14(8-16(12)13)18(11)10-20-17(21-18)4-2-3-15(19)9-17/h5,11,13-16,19H,2-4,6-10H2,1H3. The van der Waals surface area contributed by atoms with Crippen LogP contribution in [0.2, 0.25) is 0 Å². The summed E-state index contributed by atoms with van der Waals surface area (Å²) >= 11 is 0. The van der Waals surface area contributed by atoms with Crippen molar-refractivity contribution in [2.45, 2.75) is 69.4 Å². The Morgan fingerprint density at radius 1 is 1.33 bits per heavy atom. The summed E-state index contributed by atoms with van der Waals surface area (Å²) in [5.74, 6) is 2.38. The lowest BCUT2D eigenvalue weighted by molar-refractivity contribution is -0.232. The van der Waals surface area contributed by atoms with E-state index in [0.717, 1.165) is 37.7 Å². The normalized spacial score (nSPS) is 58.2. The van der Waals surface area contributed by atoms with Gasteiger partial charge in [-0.1, -0.05) is 18.6 Å². The fourth-order valence-corrected chi connectivity index (χ4v) is 5.99. The number of ether oxygens (including phenoxy) is 2. The van der Waals surface area contributed by atoms with Gasteiger partial charge in [-0.15, -0.1) is 0 Å². The van der Waals surface area contributed by atoms with Crippen LogP contribution in [0.15, 0.2) is 11.6 Å². The average molecular weight is 290 g/mol. The molecule has 0 aromatic heterocycles. The molecule has 0 radical (unpaired) electrons. The van der Waals surface area contributed by atoms with Gasteiger partial charge in [0.2, 0.25) is 0 Å². The van der Waals surface area contributed by atoms with Crippen molar-refractivity contribution in [1.82, 2.24) is 0 Å². The second-order valence-electron chi connectivity index (χ2n) is 8.28. The molecule has 3 saturated carbocycles. The van der Waals surface area contributed by atoms with Crippen molar-refractivity contribution < 1.29 is 14.6 Å². The van der Waals surface area contributed by atoms with Gasteiger partial charge in [-0.2, -0.15) is 0 Å². The van der Waals surface area contributed by atoms with Crippen LogP contribution in [0.5, 0.6) is 0 Å². The van der Waals surface area contributed by atoms with E-state index in [4.69, 9.17) is 9.47 Å². The number of allylic oxidation sites excluding steroid dienone is 1. The van der Waals surface area contributed by atoms with E-state index in [1.165, 1.54) is 19.3 Å². The third kappa shape index (κ3) is 1.66. The molecule has 7 atom stereocenters. The molecule has 1 heterocycles. The Balaban J connectivity index is 1.48. The third-order valence-corrected chi connectivity index (χ3v) is 7.17. The molecule has 5 aliphatic rings. The quantitative estimate of drug-likeness (QED) is 0.697. The number of aliphatic hydroxyl groups is 1. The summed E-state index contributed by atoms with van der Waals surface area (Å²) in [6.45, 7) is 3.05. The lowest BCUT2D eigenvalue weighted by Crippen LogP contribution is -2.48. The minimum atomic E-state index is -0.489. The first-order valence-electron chi connectivity index (χ1n) is 8.83. The van der Waals surface area contributed by atoms with Gasteiger partial charge in [0.15, 0.2) is 5.79 Å². The van der Waals surface area contributed by atoms with Gasteiger partial charge in [-0.05, 0) is 49.9 Å². The first-order chi connectivity index (χ1) is 10.1. The molecule has 2 spiro atoms. The number of fused-ring (bicyclic) bond motifs is 2. The zero-order valence-electron chi connectivity index (χ0n) is 12.9. The number of aliphatic hydroxyl groups excluding tert-OH is 1. The van der Waals surface area contributed by atoms with Crippen molar-refractivity contribution in [2.24, 2.45) is 23.7 Å². The average Bonchev–Trinajstić information content (AvgIpc) is 2.93. The molecule has 1 saturated heterocycles. The molecule has 1 N–H and O–H groups in total. The summed E-state index contributed by atoms with van der Waals surface area (Å²) in [6, 6.07) is 0. The molecule has 3 nitrogen and oxygen atoms in total. The van der Waals surface area contributed by atoms with E-state index in [1.54, 1.807) is 5.57 Å². The molecular weight excluding hydrogens is 264 g/mol. The van der Waals surface area contributed by atoms with Crippen LogP contribution in [0.3, 0.4) is 0 Å². The summed E-state index contributed by atoms with van der Waals surface area (Å²) in [5.41, 5.74) is 1.58. The monoisotopic (exact) mass is 290 g/mol. The van der Waals surface area contributed by atoms with Crippen LogP contribution in [0, 0.1) is 23.7 Å². The van der Waals surface area contributed by atoms with Crippen LogP contribution in [0.4, 0.5) is 0 Å². The zero-order valence-corrected chi connectivity index (χ0v) is 12.9. The summed E-state index contributed by atoms with van der Waals surface area (Å²) < 4.78 is 13.0. The molecular formula is C18H26O3. The van der Waals surface area contributed by atoms with Gasteiger partial charge in [-0.3, -0.25) is 0 Å². The molecule has 1 aliphatic heterocycles. The Morgan fingerprint density at radius 2 is 2.24 bits per heavy atom. The van der Waals surface area contributed by atoms with Crippen LogP contribution >= 0.6 is 0 Å². The van der Waals surface area contributed by atoms with E-state index >= 15 is 0 Å². The van der Waals surface area contributed by atoms with Crippen LogP contribution in [0.1, 0.15) is 51.9 Å². The van der Waals surface area contributed by atoms with Gasteiger partial charge in [0.1, 0.15) is 5.60 Å². The highest BCUT2D eigenvalue weighted by Crippen LogP contribution is 2.62.